The first-order valence-corrected chi connectivity index (χ1v) is 7.37. The molecule has 2 nitrogen and oxygen atoms in total. The summed E-state index contributed by atoms with van der Waals surface area (Å²) in [6.07, 6.45) is 0. The molecular formula is C13H23ClN2S. The van der Waals surface area contributed by atoms with Crippen molar-refractivity contribution in [2.45, 2.75) is 46.6 Å². The van der Waals surface area contributed by atoms with Gasteiger partial charge in [0.15, 0.2) is 0 Å². The molecular weight excluding hydrogens is 252 g/mol. The molecule has 0 atom stereocenters. The molecule has 0 radical (unpaired) electrons. The van der Waals surface area contributed by atoms with E-state index in [1.54, 1.807) is 11.3 Å². The molecule has 0 saturated carbocycles. The first-order chi connectivity index (χ1) is 7.74. The Morgan fingerprint density at radius 3 is 2.41 bits per heavy atom. The van der Waals surface area contributed by atoms with Gasteiger partial charge in [0, 0.05) is 29.8 Å². The van der Waals surface area contributed by atoms with Crippen molar-refractivity contribution in [1.29, 1.82) is 0 Å². The normalized spacial score (nSPS) is 13.1. The molecule has 1 heterocycles. The van der Waals surface area contributed by atoms with Crippen LogP contribution in [0, 0.1) is 5.41 Å². The Bertz CT molecular complexity index is 353. The van der Waals surface area contributed by atoms with Crippen LogP contribution in [0.3, 0.4) is 0 Å². The van der Waals surface area contributed by atoms with E-state index >= 15 is 0 Å². The van der Waals surface area contributed by atoms with Gasteiger partial charge in [0.2, 0.25) is 0 Å². The molecule has 0 spiro atoms. The second-order valence-electron chi connectivity index (χ2n) is 6.28. The summed E-state index contributed by atoms with van der Waals surface area (Å²) in [7, 11) is 0. The van der Waals surface area contributed by atoms with Gasteiger partial charge in [-0.2, -0.15) is 0 Å². The highest BCUT2D eigenvalue weighted by Gasteiger charge is 2.18. The molecule has 98 valence electrons. The molecule has 0 fully saturated rings. The summed E-state index contributed by atoms with van der Waals surface area (Å²) in [6.45, 7) is 12.6. The summed E-state index contributed by atoms with van der Waals surface area (Å²) in [5, 5.41) is 6.73. The smallest absolute Gasteiger partial charge is 0.107 e. The van der Waals surface area contributed by atoms with E-state index in [0.29, 0.717) is 5.88 Å². The lowest BCUT2D eigenvalue weighted by Crippen LogP contribution is -2.30. The number of aromatic nitrogens is 1. The fourth-order valence-electron chi connectivity index (χ4n) is 1.29. The standard InChI is InChI=1S/C13H23ClN2S/c1-12(2,3)10-7-17-11(16-10)6-15-9-13(4,5)8-14/h7,15H,6,8-9H2,1-5H3. The van der Waals surface area contributed by atoms with Crippen molar-refractivity contribution >= 4 is 22.9 Å². The molecule has 0 bridgehead atoms. The van der Waals surface area contributed by atoms with Crippen molar-refractivity contribution in [3.63, 3.8) is 0 Å². The summed E-state index contributed by atoms with van der Waals surface area (Å²) >= 11 is 7.61. The van der Waals surface area contributed by atoms with Gasteiger partial charge in [-0.15, -0.1) is 22.9 Å². The minimum Gasteiger partial charge on any atom is -0.310 e. The zero-order chi connectivity index (χ0) is 13.1. The Hall–Kier alpha value is -0.120. The second kappa shape index (κ2) is 5.68. The highest BCUT2D eigenvalue weighted by molar-refractivity contribution is 7.09. The highest BCUT2D eigenvalue weighted by atomic mass is 35.5. The third kappa shape index (κ3) is 4.94. The van der Waals surface area contributed by atoms with E-state index in [0.717, 1.165) is 18.1 Å². The largest absolute Gasteiger partial charge is 0.310 e. The van der Waals surface area contributed by atoms with Gasteiger partial charge < -0.3 is 5.32 Å². The predicted octanol–water partition coefficient (Wildman–Crippen LogP) is 3.80. The lowest BCUT2D eigenvalue weighted by atomic mass is 9.93. The molecule has 0 aliphatic carbocycles. The summed E-state index contributed by atoms with van der Waals surface area (Å²) < 4.78 is 0. The molecule has 4 heteroatoms. The molecule has 1 aromatic heterocycles. The predicted molar refractivity (Wildman–Crippen MR) is 77.0 cm³/mol. The zero-order valence-corrected chi connectivity index (χ0v) is 13.0. The highest BCUT2D eigenvalue weighted by Crippen LogP contribution is 2.24. The first-order valence-electron chi connectivity index (χ1n) is 5.96. The Morgan fingerprint density at radius 2 is 1.94 bits per heavy atom. The van der Waals surface area contributed by atoms with Crippen molar-refractivity contribution in [3.8, 4) is 0 Å². The molecule has 17 heavy (non-hydrogen) atoms. The van der Waals surface area contributed by atoms with Gasteiger partial charge in [0.25, 0.3) is 0 Å². The summed E-state index contributed by atoms with van der Waals surface area (Å²) in [4.78, 5) is 4.65. The monoisotopic (exact) mass is 274 g/mol. The van der Waals surface area contributed by atoms with Crippen molar-refractivity contribution in [2.24, 2.45) is 5.41 Å². The Kier molecular flexibility index (Phi) is 4.99. The molecule has 0 amide bonds. The Labute approximate surface area is 114 Å². The molecule has 0 saturated heterocycles. The van der Waals surface area contributed by atoms with Gasteiger partial charge in [0.1, 0.15) is 5.01 Å². The van der Waals surface area contributed by atoms with Crippen molar-refractivity contribution in [3.05, 3.63) is 16.1 Å². The number of nitrogens with one attached hydrogen (secondary N) is 1. The molecule has 1 aromatic rings. The third-order valence-corrected chi connectivity index (χ3v) is 4.13. The maximum atomic E-state index is 5.89. The van der Waals surface area contributed by atoms with Crippen molar-refractivity contribution in [2.75, 3.05) is 12.4 Å². The number of halogens is 1. The number of alkyl halides is 1. The van der Waals surface area contributed by atoms with Crippen molar-refractivity contribution < 1.29 is 0 Å². The minimum absolute atomic E-state index is 0.143. The van der Waals surface area contributed by atoms with E-state index < -0.39 is 0 Å². The number of rotatable bonds is 5. The van der Waals surface area contributed by atoms with Crippen LogP contribution in [0.4, 0.5) is 0 Å². The van der Waals surface area contributed by atoms with E-state index in [9.17, 15) is 0 Å². The van der Waals surface area contributed by atoms with Crippen LogP contribution in [0.15, 0.2) is 5.38 Å². The maximum Gasteiger partial charge on any atom is 0.107 e. The van der Waals surface area contributed by atoms with E-state index in [1.165, 1.54) is 5.69 Å². The first kappa shape index (κ1) is 14.9. The fourth-order valence-corrected chi connectivity index (χ4v) is 2.38. The summed E-state index contributed by atoms with van der Waals surface area (Å²) in [5.74, 6) is 0.672. The summed E-state index contributed by atoms with van der Waals surface area (Å²) in [5.41, 5.74) is 1.46. The quantitative estimate of drug-likeness (QED) is 0.827. The average molecular weight is 275 g/mol. The number of nitrogens with zero attached hydrogens (tertiary/aromatic N) is 1. The summed E-state index contributed by atoms with van der Waals surface area (Å²) in [6, 6.07) is 0. The molecule has 0 aliphatic rings. The molecule has 0 aromatic carbocycles. The second-order valence-corrected chi connectivity index (χ2v) is 7.49. The van der Waals surface area contributed by atoms with Gasteiger partial charge in [-0.05, 0) is 5.41 Å². The van der Waals surface area contributed by atoms with E-state index in [-0.39, 0.29) is 10.8 Å². The van der Waals surface area contributed by atoms with Gasteiger partial charge >= 0.3 is 0 Å². The Morgan fingerprint density at radius 1 is 1.29 bits per heavy atom. The lowest BCUT2D eigenvalue weighted by Gasteiger charge is -2.21. The van der Waals surface area contributed by atoms with Crippen LogP contribution < -0.4 is 5.32 Å². The van der Waals surface area contributed by atoms with Crippen LogP contribution in [0.5, 0.6) is 0 Å². The molecule has 0 aliphatic heterocycles. The lowest BCUT2D eigenvalue weighted by molar-refractivity contribution is 0.385. The SMILES string of the molecule is CC(C)(CCl)CNCc1nc(C(C)(C)C)cs1. The molecule has 1 N–H and O–H groups in total. The maximum absolute atomic E-state index is 5.89. The number of hydrogen-bond acceptors (Lipinski definition) is 3. The van der Waals surface area contributed by atoms with Crippen LogP contribution in [0.25, 0.3) is 0 Å². The van der Waals surface area contributed by atoms with Gasteiger partial charge in [-0.1, -0.05) is 34.6 Å². The van der Waals surface area contributed by atoms with Crippen molar-refractivity contribution in [1.82, 2.24) is 10.3 Å². The average Bonchev–Trinajstić information content (AvgIpc) is 2.66. The van der Waals surface area contributed by atoms with Crippen LogP contribution in [0.2, 0.25) is 0 Å². The molecule has 0 unspecified atom stereocenters. The Balaban J connectivity index is 2.46. The van der Waals surface area contributed by atoms with Gasteiger partial charge in [-0.25, -0.2) is 4.98 Å². The van der Waals surface area contributed by atoms with Crippen LogP contribution in [-0.2, 0) is 12.0 Å². The minimum atomic E-state index is 0.143. The van der Waals surface area contributed by atoms with E-state index in [1.807, 2.05) is 0 Å². The van der Waals surface area contributed by atoms with E-state index in [2.05, 4.69) is 50.3 Å². The number of thiazole rings is 1. The molecule has 1 rings (SSSR count). The topological polar surface area (TPSA) is 24.9 Å². The van der Waals surface area contributed by atoms with Gasteiger partial charge in [0.05, 0.1) is 5.69 Å². The van der Waals surface area contributed by atoms with Gasteiger partial charge in [-0.3, -0.25) is 0 Å². The van der Waals surface area contributed by atoms with Crippen LogP contribution >= 0.6 is 22.9 Å². The van der Waals surface area contributed by atoms with Crippen LogP contribution in [-0.4, -0.2) is 17.4 Å². The number of hydrogen-bond donors (Lipinski definition) is 1. The third-order valence-electron chi connectivity index (χ3n) is 2.56. The van der Waals surface area contributed by atoms with Crippen LogP contribution in [0.1, 0.15) is 45.3 Å². The van der Waals surface area contributed by atoms with E-state index in [4.69, 9.17) is 11.6 Å². The fraction of sp³-hybridized carbons (Fsp3) is 0.769. The zero-order valence-electron chi connectivity index (χ0n) is 11.4.